The summed E-state index contributed by atoms with van der Waals surface area (Å²) in [4.78, 5) is 17.7. The molecule has 1 aliphatic heterocycles. The van der Waals surface area contributed by atoms with Gasteiger partial charge in [0.2, 0.25) is 0 Å². The van der Waals surface area contributed by atoms with Gasteiger partial charge in [-0.3, -0.25) is 9.79 Å². The highest BCUT2D eigenvalue weighted by atomic mass is 16.5. The van der Waals surface area contributed by atoms with Crippen LogP contribution >= 0.6 is 0 Å². The number of rotatable bonds is 8. The molecule has 0 unspecified atom stereocenters. The van der Waals surface area contributed by atoms with Crippen LogP contribution < -0.4 is 9.47 Å². The largest absolute Gasteiger partial charge is 0.493 e. The molecule has 5 nitrogen and oxygen atoms in total. The van der Waals surface area contributed by atoms with E-state index in [1.807, 2.05) is 18.2 Å². The van der Waals surface area contributed by atoms with Gasteiger partial charge in [0.1, 0.15) is 6.29 Å². The summed E-state index contributed by atoms with van der Waals surface area (Å²) in [5.41, 5.74) is 2.31. The van der Waals surface area contributed by atoms with E-state index in [1.54, 1.807) is 32.6 Å². The fourth-order valence-electron chi connectivity index (χ4n) is 2.95. The number of allylic oxidation sites excluding steroid dienone is 3. The number of carbonyl (C=O) groups excluding carboxylic acids is 1. The van der Waals surface area contributed by atoms with E-state index in [0.29, 0.717) is 17.2 Å². The fourth-order valence-corrected chi connectivity index (χ4v) is 2.95. The number of piperidine rings is 1. The van der Waals surface area contributed by atoms with Crippen molar-refractivity contribution in [3.63, 3.8) is 0 Å². The number of carbonyl (C=O) groups is 1. The standard InChI is InChI=1S/C22H28N2O3/c1-17-9-13-24(14-10-17)18(2)6-5-12-23-20(11-15-25)19-7-8-21(26-3)22(16-19)27-4/h5-8,11-12,15-17H,2,9-10,13-14H2,1,3-4H3/b6-5-,20-11-,23-12+. The molecule has 0 saturated carbocycles. The van der Waals surface area contributed by atoms with Gasteiger partial charge in [0.05, 0.1) is 19.9 Å². The van der Waals surface area contributed by atoms with Crippen molar-refractivity contribution in [3.8, 4) is 11.5 Å². The first kappa shape index (κ1) is 20.5. The lowest BCUT2D eigenvalue weighted by Crippen LogP contribution is -2.31. The van der Waals surface area contributed by atoms with Crippen LogP contribution in [0.3, 0.4) is 0 Å². The van der Waals surface area contributed by atoms with Crippen LogP contribution in [0.25, 0.3) is 5.70 Å². The van der Waals surface area contributed by atoms with Crippen LogP contribution in [0.4, 0.5) is 0 Å². The Morgan fingerprint density at radius 3 is 2.56 bits per heavy atom. The Labute approximate surface area is 161 Å². The van der Waals surface area contributed by atoms with Crippen molar-refractivity contribution in [2.75, 3.05) is 27.3 Å². The lowest BCUT2D eigenvalue weighted by Gasteiger charge is -2.32. The number of hydrogen-bond acceptors (Lipinski definition) is 5. The average molecular weight is 368 g/mol. The Hall–Kier alpha value is -2.82. The molecule has 1 fully saturated rings. The van der Waals surface area contributed by atoms with Crippen molar-refractivity contribution >= 4 is 18.2 Å². The molecule has 0 aliphatic carbocycles. The highest BCUT2D eigenvalue weighted by Crippen LogP contribution is 2.30. The molecule has 0 aromatic heterocycles. The van der Waals surface area contributed by atoms with E-state index in [1.165, 1.54) is 18.9 Å². The molecular weight excluding hydrogens is 340 g/mol. The minimum atomic E-state index is 0.549. The number of methoxy groups -OCH3 is 2. The van der Waals surface area contributed by atoms with Gasteiger partial charge >= 0.3 is 0 Å². The van der Waals surface area contributed by atoms with Crippen LogP contribution in [0.5, 0.6) is 11.5 Å². The summed E-state index contributed by atoms with van der Waals surface area (Å²) in [6.45, 7) is 8.51. The van der Waals surface area contributed by atoms with Crippen LogP contribution in [-0.2, 0) is 4.79 Å². The third-order valence-corrected chi connectivity index (χ3v) is 4.68. The zero-order valence-electron chi connectivity index (χ0n) is 16.4. The quantitative estimate of drug-likeness (QED) is 0.300. The second-order valence-electron chi connectivity index (χ2n) is 6.56. The van der Waals surface area contributed by atoms with Crippen LogP contribution in [0.1, 0.15) is 25.3 Å². The number of nitrogens with zero attached hydrogens (tertiary/aromatic N) is 2. The predicted octanol–water partition coefficient (Wildman–Crippen LogP) is 4.12. The zero-order chi connectivity index (χ0) is 19.6. The van der Waals surface area contributed by atoms with Gasteiger partial charge in [-0.25, -0.2) is 0 Å². The molecular formula is C22H28N2O3. The normalized spacial score (nSPS) is 16.1. The van der Waals surface area contributed by atoms with Crippen molar-refractivity contribution in [2.24, 2.45) is 10.9 Å². The van der Waals surface area contributed by atoms with E-state index < -0.39 is 0 Å². The Balaban J connectivity index is 2.06. The van der Waals surface area contributed by atoms with Gasteiger partial charge in [-0.1, -0.05) is 13.5 Å². The molecule has 0 bridgehead atoms. The summed E-state index contributed by atoms with van der Waals surface area (Å²) in [6, 6.07) is 5.42. The maximum atomic E-state index is 11.0. The van der Waals surface area contributed by atoms with Gasteiger partial charge in [-0.2, -0.15) is 0 Å². The number of likely N-dealkylation sites (tertiary alicyclic amines) is 1. The van der Waals surface area contributed by atoms with Crippen LogP contribution in [0, 0.1) is 5.92 Å². The minimum absolute atomic E-state index is 0.549. The summed E-state index contributed by atoms with van der Waals surface area (Å²) < 4.78 is 10.6. The van der Waals surface area contributed by atoms with Crippen LogP contribution in [0.2, 0.25) is 0 Å². The van der Waals surface area contributed by atoms with Gasteiger partial charge in [0.25, 0.3) is 0 Å². The lowest BCUT2D eigenvalue weighted by atomic mass is 9.99. The van der Waals surface area contributed by atoms with E-state index in [2.05, 4.69) is 23.4 Å². The molecule has 1 heterocycles. The maximum absolute atomic E-state index is 11.0. The SMILES string of the molecule is C=C(\C=C/C=N/C(=C\C=O)c1ccc(OC)c(OC)c1)N1CCC(C)CC1. The molecule has 0 amide bonds. The smallest absolute Gasteiger partial charge is 0.161 e. The second kappa shape index (κ2) is 10.4. The minimum Gasteiger partial charge on any atom is -0.493 e. The van der Waals surface area contributed by atoms with Gasteiger partial charge in [-0.15, -0.1) is 0 Å². The molecule has 2 rings (SSSR count). The third kappa shape index (κ3) is 5.84. The molecule has 1 saturated heterocycles. The van der Waals surface area contributed by atoms with Gasteiger partial charge in [0.15, 0.2) is 11.5 Å². The van der Waals surface area contributed by atoms with E-state index in [4.69, 9.17) is 9.47 Å². The molecule has 5 heteroatoms. The number of benzene rings is 1. The van der Waals surface area contributed by atoms with Crippen LogP contribution in [0.15, 0.2) is 53.7 Å². The molecule has 0 atom stereocenters. The summed E-state index contributed by atoms with van der Waals surface area (Å²) >= 11 is 0. The van der Waals surface area contributed by atoms with Crippen molar-refractivity contribution < 1.29 is 14.3 Å². The van der Waals surface area contributed by atoms with Crippen molar-refractivity contribution in [3.05, 3.63) is 54.3 Å². The first-order valence-corrected chi connectivity index (χ1v) is 9.11. The molecule has 1 aromatic rings. The molecule has 0 N–H and O–H groups in total. The predicted molar refractivity (Wildman–Crippen MR) is 110 cm³/mol. The topological polar surface area (TPSA) is 51.1 Å². The molecule has 1 aliphatic rings. The molecule has 144 valence electrons. The first-order valence-electron chi connectivity index (χ1n) is 9.11. The first-order chi connectivity index (χ1) is 13.1. The number of hydrogen-bond donors (Lipinski definition) is 0. The van der Waals surface area contributed by atoms with E-state index >= 15 is 0 Å². The Bertz CT molecular complexity index is 742. The van der Waals surface area contributed by atoms with Gasteiger partial charge in [-0.05, 0) is 49.1 Å². The Morgan fingerprint density at radius 1 is 1.22 bits per heavy atom. The number of aliphatic imine (C=N–C) groups is 1. The number of ether oxygens (including phenoxy) is 2. The highest BCUT2D eigenvalue weighted by Gasteiger charge is 2.15. The fraction of sp³-hybridized carbons (Fsp3) is 0.364. The van der Waals surface area contributed by atoms with E-state index in [-0.39, 0.29) is 0 Å². The van der Waals surface area contributed by atoms with Crippen molar-refractivity contribution in [1.29, 1.82) is 0 Å². The van der Waals surface area contributed by atoms with Crippen LogP contribution in [-0.4, -0.2) is 44.7 Å². The number of aldehydes is 1. The summed E-state index contributed by atoms with van der Waals surface area (Å²) in [7, 11) is 3.15. The highest BCUT2D eigenvalue weighted by molar-refractivity contribution is 5.87. The van der Waals surface area contributed by atoms with E-state index in [0.717, 1.165) is 36.6 Å². The summed E-state index contributed by atoms with van der Waals surface area (Å²) in [5.74, 6) is 2.00. The Morgan fingerprint density at radius 2 is 1.93 bits per heavy atom. The maximum Gasteiger partial charge on any atom is 0.161 e. The third-order valence-electron chi connectivity index (χ3n) is 4.68. The molecule has 0 radical (unpaired) electrons. The van der Waals surface area contributed by atoms with Crippen molar-refractivity contribution in [2.45, 2.75) is 19.8 Å². The zero-order valence-corrected chi connectivity index (χ0v) is 16.4. The van der Waals surface area contributed by atoms with Gasteiger partial charge < -0.3 is 14.4 Å². The summed E-state index contributed by atoms with van der Waals surface area (Å²) in [6.07, 6.45) is 10.0. The summed E-state index contributed by atoms with van der Waals surface area (Å²) in [5, 5.41) is 0. The van der Waals surface area contributed by atoms with Gasteiger partial charge in [0, 0.05) is 36.6 Å². The second-order valence-corrected chi connectivity index (χ2v) is 6.56. The molecule has 1 aromatic carbocycles. The molecule has 0 spiro atoms. The molecule has 27 heavy (non-hydrogen) atoms. The lowest BCUT2D eigenvalue weighted by molar-refractivity contribution is -0.104. The monoisotopic (exact) mass is 368 g/mol. The Kier molecular flexibility index (Phi) is 7.86. The van der Waals surface area contributed by atoms with E-state index in [9.17, 15) is 4.79 Å². The van der Waals surface area contributed by atoms with Crippen molar-refractivity contribution in [1.82, 2.24) is 4.90 Å². The average Bonchev–Trinajstić information content (AvgIpc) is 2.70.